The van der Waals surface area contributed by atoms with Crippen molar-refractivity contribution in [2.75, 3.05) is 18.8 Å². The summed E-state index contributed by atoms with van der Waals surface area (Å²) in [6.45, 7) is 2.55. The zero-order valence-corrected chi connectivity index (χ0v) is 11.4. The molecule has 1 heterocycles. The molecular weight excluding hydrogens is 234 g/mol. The molecular formula is C16H23N3. The van der Waals surface area contributed by atoms with Crippen molar-refractivity contribution in [3.63, 3.8) is 0 Å². The molecule has 19 heavy (non-hydrogen) atoms. The lowest BCUT2D eigenvalue weighted by atomic mass is 10.1. The maximum absolute atomic E-state index is 5.87. The van der Waals surface area contributed by atoms with Gasteiger partial charge in [-0.25, -0.2) is 0 Å². The Morgan fingerprint density at radius 3 is 2.89 bits per heavy atom. The molecule has 0 bridgehead atoms. The molecule has 0 radical (unpaired) electrons. The van der Waals surface area contributed by atoms with Crippen LogP contribution in [-0.4, -0.2) is 30.1 Å². The van der Waals surface area contributed by atoms with Gasteiger partial charge in [-0.1, -0.05) is 6.07 Å². The van der Waals surface area contributed by atoms with Crippen molar-refractivity contribution in [3.8, 4) is 0 Å². The Morgan fingerprint density at radius 2 is 2.05 bits per heavy atom. The van der Waals surface area contributed by atoms with Crippen LogP contribution < -0.4 is 11.1 Å². The Labute approximate surface area is 115 Å². The second-order valence-corrected chi connectivity index (χ2v) is 6.43. The minimum absolute atomic E-state index is 0.555. The first kappa shape index (κ1) is 11.7. The van der Waals surface area contributed by atoms with Crippen LogP contribution in [0, 0.1) is 0 Å². The third kappa shape index (κ3) is 2.26. The van der Waals surface area contributed by atoms with Gasteiger partial charge in [-0.3, -0.25) is 4.90 Å². The molecule has 3 heteroatoms. The topological polar surface area (TPSA) is 41.3 Å². The van der Waals surface area contributed by atoms with Crippen LogP contribution in [0.15, 0.2) is 18.2 Å². The molecule has 3 aliphatic rings. The predicted octanol–water partition coefficient (Wildman–Crippen LogP) is 2.08. The van der Waals surface area contributed by atoms with Gasteiger partial charge in [-0.15, -0.1) is 0 Å². The fraction of sp³-hybridized carbons (Fsp3) is 0.625. The Balaban J connectivity index is 1.42. The molecule has 1 aliphatic heterocycles. The Kier molecular flexibility index (Phi) is 2.78. The third-order valence-electron chi connectivity index (χ3n) is 4.96. The minimum atomic E-state index is 0.555. The summed E-state index contributed by atoms with van der Waals surface area (Å²) in [5.74, 6) is 0. The van der Waals surface area contributed by atoms with Crippen LogP contribution in [0.5, 0.6) is 0 Å². The molecule has 1 aromatic rings. The van der Waals surface area contributed by atoms with E-state index in [4.69, 9.17) is 5.73 Å². The van der Waals surface area contributed by atoms with Gasteiger partial charge in [-0.2, -0.15) is 0 Å². The second kappa shape index (κ2) is 4.50. The van der Waals surface area contributed by atoms with Crippen molar-refractivity contribution in [3.05, 3.63) is 29.3 Å². The lowest BCUT2D eigenvalue weighted by Crippen LogP contribution is -2.35. The van der Waals surface area contributed by atoms with Gasteiger partial charge in [0, 0.05) is 36.9 Å². The zero-order valence-electron chi connectivity index (χ0n) is 11.4. The van der Waals surface area contributed by atoms with Gasteiger partial charge in [0.05, 0.1) is 0 Å². The van der Waals surface area contributed by atoms with E-state index in [1.807, 2.05) is 6.07 Å². The molecule has 2 fully saturated rings. The van der Waals surface area contributed by atoms with E-state index in [0.717, 1.165) is 11.7 Å². The average Bonchev–Trinajstić information content (AvgIpc) is 3.03. The van der Waals surface area contributed by atoms with Crippen molar-refractivity contribution in [2.24, 2.45) is 0 Å². The summed E-state index contributed by atoms with van der Waals surface area (Å²) in [4.78, 5) is 2.68. The molecule has 3 nitrogen and oxygen atoms in total. The molecule has 2 aliphatic carbocycles. The highest BCUT2D eigenvalue weighted by molar-refractivity contribution is 5.47. The Hall–Kier alpha value is -1.06. The summed E-state index contributed by atoms with van der Waals surface area (Å²) >= 11 is 0. The lowest BCUT2D eigenvalue weighted by Gasteiger charge is -2.21. The molecule has 0 aromatic heterocycles. The average molecular weight is 257 g/mol. The van der Waals surface area contributed by atoms with Crippen LogP contribution >= 0.6 is 0 Å². The van der Waals surface area contributed by atoms with Crippen LogP contribution in [0.3, 0.4) is 0 Å². The van der Waals surface area contributed by atoms with Gasteiger partial charge >= 0.3 is 0 Å². The molecule has 3 N–H and O–H groups in total. The predicted molar refractivity (Wildman–Crippen MR) is 78.1 cm³/mol. The largest absolute Gasteiger partial charge is 0.399 e. The second-order valence-electron chi connectivity index (χ2n) is 6.43. The van der Waals surface area contributed by atoms with Gasteiger partial charge in [0.15, 0.2) is 0 Å². The maximum Gasteiger partial charge on any atom is 0.0329 e. The zero-order chi connectivity index (χ0) is 12.8. The number of nitrogens with one attached hydrogen (secondary N) is 1. The highest BCUT2D eigenvalue weighted by Crippen LogP contribution is 2.34. The Morgan fingerprint density at radius 1 is 1.16 bits per heavy atom. The van der Waals surface area contributed by atoms with E-state index in [9.17, 15) is 0 Å². The number of anilines is 1. The summed E-state index contributed by atoms with van der Waals surface area (Å²) in [6, 6.07) is 8.59. The number of nitrogen functional groups attached to an aromatic ring is 1. The van der Waals surface area contributed by atoms with Crippen LogP contribution in [0.25, 0.3) is 0 Å². The van der Waals surface area contributed by atoms with Gasteiger partial charge in [0.25, 0.3) is 0 Å². The number of nitrogens with zero attached hydrogens (tertiary/aromatic N) is 1. The first-order valence-corrected chi connectivity index (χ1v) is 7.68. The number of aryl methyl sites for hydroxylation is 1. The highest BCUT2D eigenvalue weighted by atomic mass is 15.2. The highest BCUT2D eigenvalue weighted by Gasteiger charge is 2.35. The quantitative estimate of drug-likeness (QED) is 0.815. The molecule has 1 saturated carbocycles. The molecule has 2 atom stereocenters. The number of nitrogens with two attached hydrogens (primary N) is 1. The van der Waals surface area contributed by atoms with E-state index in [1.165, 1.54) is 56.3 Å². The Bertz CT molecular complexity index is 481. The molecule has 0 spiro atoms. The van der Waals surface area contributed by atoms with Gasteiger partial charge < -0.3 is 11.1 Å². The third-order valence-corrected chi connectivity index (χ3v) is 4.96. The summed E-state index contributed by atoms with van der Waals surface area (Å²) in [6.07, 6.45) is 6.59. The first-order chi connectivity index (χ1) is 9.29. The fourth-order valence-corrected chi connectivity index (χ4v) is 3.79. The summed E-state index contributed by atoms with van der Waals surface area (Å²) in [5, 5.41) is 3.88. The number of benzene rings is 1. The number of likely N-dealkylation sites (tertiary alicyclic amines) is 1. The van der Waals surface area contributed by atoms with Crippen LogP contribution in [0.2, 0.25) is 0 Å². The van der Waals surface area contributed by atoms with Crippen molar-refractivity contribution in [1.82, 2.24) is 10.2 Å². The van der Waals surface area contributed by atoms with E-state index in [2.05, 4.69) is 22.3 Å². The van der Waals surface area contributed by atoms with Crippen LogP contribution in [-0.2, 0) is 6.42 Å². The van der Waals surface area contributed by atoms with Crippen LogP contribution in [0.1, 0.15) is 42.9 Å². The van der Waals surface area contributed by atoms with E-state index in [1.54, 1.807) is 0 Å². The van der Waals surface area contributed by atoms with Crippen molar-refractivity contribution >= 4 is 5.69 Å². The number of hydrogen-bond acceptors (Lipinski definition) is 3. The molecule has 2 unspecified atom stereocenters. The number of fused-ring (bicyclic) bond motifs is 1. The SMILES string of the molecule is Nc1ccc2c(c1)CCC2NC1CCN(C2CC2)C1. The summed E-state index contributed by atoms with van der Waals surface area (Å²) in [7, 11) is 0. The minimum Gasteiger partial charge on any atom is -0.399 e. The van der Waals surface area contributed by atoms with Crippen molar-refractivity contribution < 1.29 is 0 Å². The molecule has 4 rings (SSSR count). The molecule has 0 amide bonds. The van der Waals surface area contributed by atoms with Crippen LogP contribution in [0.4, 0.5) is 5.69 Å². The molecule has 1 aromatic carbocycles. The summed E-state index contributed by atoms with van der Waals surface area (Å²) in [5.41, 5.74) is 9.71. The van der Waals surface area contributed by atoms with Crippen molar-refractivity contribution in [1.29, 1.82) is 0 Å². The van der Waals surface area contributed by atoms with Gasteiger partial charge in [-0.05, 0) is 55.4 Å². The fourth-order valence-electron chi connectivity index (χ4n) is 3.79. The van der Waals surface area contributed by atoms with E-state index in [-0.39, 0.29) is 0 Å². The standard InChI is InChI=1S/C16H23N3/c17-12-2-5-15-11(9-12)1-6-16(15)18-13-7-8-19(10-13)14-3-4-14/h2,5,9,13-14,16,18H,1,3-4,6-8,10,17H2. The van der Waals surface area contributed by atoms with E-state index < -0.39 is 0 Å². The first-order valence-electron chi connectivity index (χ1n) is 7.68. The van der Waals surface area contributed by atoms with Crippen molar-refractivity contribution in [2.45, 2.75) is 50.2 Å². The lowest BCUT2D eigenvalue weighted by molar-refractivity contribution is 0.312. The summed E-state index contributed by atoms with van der Waals surface area (Å²) < 4.78 is 0. The number of hydrogen-bond donors (Lipinski definition) is 2. The monoisotopic (exact) mass is 257 g/mol. The number of rotatable bonds is 3. The van der Waals surface area contributed by atoms with Gasteiger partial charge in [0.2, 0.25) is 0 Å². The molecule has 102 valence electrons. The van der Waals surface area contributed by atoms with Gasteiger partial charge in [0.1, 0.15) is 0 Å². The van der Waals surface area contributed by atoms with E-state index >= 15 is 0 Å². The smallest absolute Gasteiger partial charge is 0.0329 e. The molecule has 1 saturated heterocycles. The van der Waals surface area contributed by atoms with E-state index in [0.29, 0.717) is 12.1 Å². The maximum atomic E-state index is 5.87. The normalized spacial score (nSPS) is 30.7.